The fraction of sp³-hybridized carbons (Fsp3) is 0.467. The Morgan fingerprint density at radius 1 is 1.20 bits per heavy atom. The molecule has 0 aliphatic carbocycles. The topological polar surface area (TPSA) is 40.6 Å². The van der Waals surface area contributed by atoms with E-state index in [2.05, 4.69) is 0 Å². The second kappa shape index (κ2) is 5.23. The van der Waals surface area contributed by atoms with Crippen LogP contribution >= 0.6 is 0 Å². The van der Waals surface area contributed by atoms with Crippen molar-refractivity contribution in [2.45, 2.75) is 26.3 Å². The van der Waals surface area contributed by atoms with Crippen LogP contribution in [0.15, 0.2) is 24.3 Å². The Labute approximate surface area is 118 Å². The Kier molecular flexibility index (Phi) is 3.79. The number of hydrogen-bond donors (Lipinski definition) is 0. The quantitative estimate of drug-likeness (QED) is 0.787. The van der Waals surface area contributed by atoms with Crippen LogP contribution in [0.5, 0.6) is 0 Å². The molecule has 1 aliphatic rings. The predicted molar refractivity (Wildman–Crippen MR) is 73.8 cm³/mol. The van der Waals surface area contributed by atoms with Crippen molar-refractivity contribution in [2.75, 3.05) is 19.6 Å². The molecule has 1 aromatic carbocycles. The molecule has 4 nitrogen and oxygen atoms in total. The highest BCUT2D eigenvalue weighted by Crippen LogP contribution is 2.19. The standard InChI is InChI=1S/C15H19FN2O2/c1-15(2,3)18-9-8-17(10-13(18)19)14(20)11-6-4-5-7-12(11)16/h4-7H,8-10H2,1-3H3. The second-order valence-corrected chi connectivity index (χ2v) is 5.92. The van der Waals surface area contributed by atoms with Gasteiger partial charge in [-0.3, -0.25) is 9.59 Å². The van der Waals surface area contributed by atoms with Gasteiger partial charge in [0.15, 0.2) is 0 Å². The van der Waals surface area contributed by atoms with Gasteiger partial charge in [-0.25, -0.2) is 4.39 Å². The van der Waals surface area contributed by atoms with Crippen LogP contribution in [0.3, 0.4) is 0 Å². The highest BCUT2D eigenvalue weighted by Gasteiger charge is 2.34. The smallest absolute Gasteiger partial charge is 0.257 e. The van der Waals surface area contributed by atoms with Crippen LogP contribution in [0.1, 0.15) is 31.1 Å². The maximum atomic E-state index is 13.6. The summed E-state index contributed by atoms with van der Waals surface area (Å²) in [6.45, 7) is 6.78. The molecule has 0 saturated carbocycles. The molecule has 0 spiro atoms. The lowest BCUT2D eigenvalue weighted by molar-refractivity contribution is -0.140. The number of halogens is 1. The Morgan fingerprint density at radius 2 is 1.85 bits per heavy atom. The molecule has 2 rings (SSSR count). The summed E-state index contributed by atoms with van der Waals surface area (Å²) < 4.78 is 13.6. The zero-order valence-corrected chi connectivity index (χ0v) is 12.0. The van der Waals surface area contributed by atoms with Gasteiger partial charge in [0, 0.05) is 18.6 Å². The molecule has 0 unspecified atom stereocenters. The van der Waals surface area contributed by atoms with Crippen LogP contribution in [0, 0.1) is 5.82 Å². The molecule has 0 atom stereocenters. The highest BCUT2D eigenvalue weighted by atomic mass is 19.1. The Morgan fingerprint density at radius 3 is 2.40 bits per heavy atom. The minimum absolute atomic E-state index is 0.00440. The van der Waals surface area contributed by atoms with E-state index >= 15 is 0 Å². The zero-order valence-electron chi connectivity index (χ0n) is 12.0. The summed E-state index contributed by atoms with van der Waals surface area (Å²) in [5.74, 6) is -1.08. The molecule has 0 aromatic heterocycles. The summed E-state index contributed by atoms with van der Waals surface area (Å²) in [6.07, 6.45) is 0. The molecule has 5 heteroatoms. The number of amides is 2. The third-order valence-electron chi connectivity index (χ3n) is 3.42. The molecule has 2 amide bonds. The molecule has 0 radical (unpaired) electrons. The number of carbonyl (C=O) groups is 2. The molecular weight excluding hydrogens is 259 g/mol. The third kappa shape index (κ3) is 2.81. The number of benzene rings is 1. The van der Waals surface area contributed by atoms with E-state index in [4.69, 9.17) is 0 Å². The van der Waals surface area contributed by atoms with Crippen molar-refractivity contribution >= 4 is 11.8 Å². The van der Waals surface area contributed by atoms with Gasteiger partial charge in [-0.1, -0.05) is 12.1 Å². The highest BCUT2D eigenvalue weighted by molar-refractivity contribution is 5.97. The largest absolute Gasteiger partial charge is 0.335 e. The zero-order chi connectivity index (χ0) is 14.9. The lowest BCUT2D eigenvalue weighted by atomic mass is 10.0. The van der Waals surface area contributed by atoms with Gasteiger partial charge >= 0.3 is 0 Å². The summed E-state index contributed by atoms with van der Waals surface area (Å²) in [4.78, 5) is 27.5. The summed E-state index contributed by atoms with van der Waals surface area (Å²) in [5, 5.41) is 0. The Bertz CT molecular complexity index is 537. The average molecular weight is 278 g/mol. The van der Waals surface area contributed by atoms with Crippen molar-refractivity contribution in [3.63, 3.8) is 0 Å². The Balaban J connectivity index is 2.12. The normalized spacial score (nSPS) is 16.5. The van der Waals surface area contributed by atoms with E-state index in [-0.39, 0.29) is 23.6 Å². The summed E-state index contributed by atoms with van der Waals surface area (Å²) in [7, 11) is 0. The SMILES string of the molecule is CC(C)(C)N1CCN(C(=O)c2ccccc2F)CC1=O. The number of carbonyl (C=O) groups excluding carboxylic acids is 2. The van der Waals surface area contributed by atoms with E-state index in [9.17, 15) is 14.0 Å². The summed E-state index contributed by atoms with van der Waals surface area (Å²) in [6, 6.07) is 5.84. The molecule has 1 saturated heterocycles. The maximum absolute atomic E-state index is 13.6. The number of nitrogens with zero attached hydrogens (tertiary/aromatic N) is 2. The van der Waals surface area contributed by atoms with Gasteiger partial charge in [0.05, 0.1) is 5.56 Å². The van der Waals surface area contributed by atoms with Crippen molar-refractivity contribution in [3.8, 4) is 0 Å². The summed E-state index contributed by atoms with van der Waals surface area (Å²) >= 11 is 0. The van der Waals surface area contributed by atoms with E-state index in [0.29, 0.717) is 13.1 Å². The number of rotatable bonds is 1. The van der Waals surface area contributed by atoms with Crippen molar-refractivity contribution in [1.82, 2.24) is 9.80 Å². The summed E-state index contributed by atoms with van der Waals surface area (Å²) in [5.41, 5.74) is -0.242. The van der Waals surface area contributed by atoms with Gasteiger partial charge in [0.2, 0.25) is 5.91 Å². The molecule has 20 heavy (non-hydrogen) atoms. The predicted octanol–water partition coefficient (Wildman–Crippen LogP) is 1.91. The van der Waals surface area contributed by atoms with Crippen LogP contribution in [0.25, 0.3) is 0 Å². The first-order valence-corrected chi connectivity index (χ1v) is 6.65. The van der Waals surface area contributed by atoms with Gasteiger partial charge in [0.1, 0.15) is 12.4 Å². The molecule has 0 bridgehead atoms. The first-order valence-electron chi connectivity index (χ1n) is 6.65. The molecule has 1 fully saturated rings. The van der Waals surface area contributed by atoms with Crippen LogP contribution in [-0.4, -0.2) is 46.8 Å². The number of hydrogen-bond acceptors (Lipinski definition) is 2. The van der Waals surface area contributed by atoms with Crippen molar-refractivity contribution < 1.29 is 14.0 Å². The fourth-order valence-corrected chi connectivity index (χ4v) is 2.36. The monoisotopic (exact) mass is 278 g/mol. The molecule has 1 aromatic rings. The van der Waals surface area contributed by atoms with E-state index < -0.39 is 11.7 Å². The van der Waals surface area contributed by atoms with Gasteiger partial charge in [-0.2, -0.15) is 0 Å². The molecular formula is C15H19FN2O2. The van der Waals surface area contributed by atoms with Crippen molar-refractivity contribution in [3.05, 3.63) is 35.6 Å². The van der Waals surface area contributed by atoms with Crippen LogP contribution < -0.4 is 0 Å². The van der Waals surface area contributed by atoms with Crippen LogP contribution in [0.2, 0.25) is 0 Å². The third-order valence-corrected chi connectivity index (χ3v) is 3.42. The van der Waals surface area contributed by atoms with E-state index in [1.165, 1.54) is 23.1 Å². The first kappa shape index (κ1) is 14.5. The lowest BCUT2D eigenvalue weighted by Gasteiger charge is -2.42. The van der Waals surface area contributed by atoms with Crippen molar-refractivity contribution in [1.29, 1.82) is 0 Å². The molecule has 1 heterocycles. The number of piperazine rings is 1. The average Bonchev–Trinajstić information content (AvgIpc) is 2.37. The first-order chi connectivity index (χ1) is 9.30. The van der Waals surface area contributed by atoms with Crippen LogP contribution in [-0.2, 0) is 4.79 Å². The van der Waals surface area contributed by atoms with Gasteiger partial charge in [0.25, 0.3) is 5.91 Å². The van der Waals surface area contributed by atoms with E-state index in [0.717, 1.165) is 0 Å². The molecule has 0 N–H and O–H groups in total. The van der Waals surface area contributed by atoms with Gasteiger partial charge in [-0.05, 0) is 32.9 Å². The minimum Gasteiger partial charge on any atom is -0.335 e. The lowest BCUT2D eigenvalue weighted by Crippen LogP contribution is -2.58. The van der Waals surface area contributed by atoms with Crippen molar-refractivity contribution in [2.24, 2.45) is 0 Å². The molecule has 1 aliphatic heterocycles. The van der Waals surface area contributed by atoms with E-state index in [1.54, 1.807) is 11.0 Å². The van der Waals surface area contributed by atoms with E-state index in [1.807, 2.05) is 20.8 Å². The van der Waals surface area contributed by atoms with Gasteiger partial charge < -0.3 is 9.80 Å². The molecule has 108 valence electrons. The second-order valence-electron chi connectivity index (χ2n) is 5.92. The van der Waals surface area contributed by atoms with Gasteiger partial charge in [-0.15, -0.1) is 0 Å². The Hall–Kier alpha value is -1.91. The fourth-order valence-electron chi connectivity index (χ4n) is 2.36. The minimum atomic E-state index is -0.553. The van der Waals surface area contributed by atoms with Crippen LogP contribution in [0.4, 0.5) is 4.39 Å². The maximum Gasteiger partial charge on any atom is 0.257 e.